The molecular weight excluding hydrogens is 146 g/mol. The Kier molecular flexibility index (Phi) is 2.50. The van der Waals surface area contributed by atoms with E-state index in [1.54, 1.807) is 0 Å². The van der Waals surface area contributed by atoms with Crippen LogP contribution < -0.4 is 0 Å². The van der Waals surface area contributed by atoms with Gasteiger partial charge in [0.25, 0.3) is 6.07 Å². The van der Waals surface area contributed by atoms with Gasteiger partial charge < -0.3 is 0 Å². The third kappa shape index (κ3) is 3.21. The summed E-state index contributed by atoms with van der Waals surface area (Å²) in [6.07, 6.45) is 0. The summed E-state index contributed by atoms with van der Waals surface area (Å²) in [5.74, 6) is 0. The Morgan fingerprint density at radius 1 is 1.08 bits per heavy atom. The largest absolute Gasteiger partial charge is 0.340 e. The smallest absolute Gasteiger partial charge is 0.0617 e. The number of hydrogen-bond acceptors (Lipinski definition) is 0. The summed E-state index contributed by atoms with van der Waals surface area (Å²) >= 11 is 0. The van der Waals surface area contributed by atoms with Gasteiger partial charge in [-0.05, 0) is 25.6 Å². The summed E-state index contributed by atoms with van der Waals surface area (Å²) in [4.78, 5) is 4.23. The van der Waals surface area contributed by atoms with Gasteiger partial charge in [-0.25, -0.2) is 0 Å². The van der Waals surface area contributed by atoms with Crippen molar-refractivity contribution in [2.45, 2.75) is 20.8 Å². The highest BCUT2D eigenvalue weighted by molar-refractivity contribution is 5.45. The third-order valence-electron chi connectivity index (χ3n) is 1.28. The van der Waals surface area contributed by atoms with Gasteiger partial charge in [-0.1, -0.05) is 18.2 Å². The summed E-state index contributed by atoms with van der Waals surface area (Å²) in [6, 6.07) is 12.9. The first-order chi connectivity index (χ1) is 5.58. The molecule has 1 nitrogen and oxygen atoms in total. The lowest BCUT2D eigenvalue weighted by molar-refractivity contribution is 0.570. The fraction of sp³-hybridized carbons (Fsp3) is 0.364. The molecule has 0 saturated heterocycles. The van der Waals surface area contributed by atoms with Crippen molar-refractivity contribution in [1.82, 2.24) is 0 Å². The van der Waals surface area contributed by atoms with Gasteiger partial charge >= 0.3 is 5.69 Å². The number of benzene rings is 1. The Bertz CT molecular complexity index is 295. The highest BCUT2D eigenvalue weighted by Gasteiger charge is 2.13. The molecule has 0 atom stereocenters. The van der Waals surface area contributed by atoms with Crippen LogP contribution in [-0.4, -0.2) is 0 Å². The van der Waals surface area contributed by atoms with Crippen molar-refractivity contribution in [3.05, 3.63) is 35.2 Å². The molecule has 0 N–H and O–H groups in total. The van der Waals surface area contributed by atoms with Gasteiger partial charge in [0.2, 0.25) is 0 Å². The van der Waals surface area contributed by atoms with Gasteiger partial charge in [-0.3, -0.25) is 0 Å². The van der Waals surface area contributed by atoms with E-state index < -0.39 is 0 Å². The van der Waals surface area contributed by atoms with E-state index in [1.807, 2.05) is 30.3 Å². The van der Waals surface area contributed by atoms with Crippen LogP contribution in [0.15, 0.2) is 30.3 Å². The molecule has 0 amide bonds. The molecule has 0 aromatic heterocycles. The summed E-state index contributed by atoms with van der Waals surface area (Å²) in [5, 5.41) is 0. The second kappa shape index (κ2) is 3.40. The fourth-order valence-electron chi connectivity index (χ4n) is 0.735. The first-order valence-electron chi connectivity index (χ1n) is 4.11. The maximum Gasteiger partial charge on any atom is 0.340 e. The Labute approximate surface area is 73.9 Å². The van der Waals surface area contributed by atoms with Gasteiger partial charge in [0.1, 0.15) is 0 Å². The van der Waals surface area contributed by atoms with Gasteiger partial charge in [0.15, 0.2) is 0 Å². The van der Waals surface area contributed by atoms with E-state index in [0.717, 1.165) is 5.69 Å². The van der Waals surface area contributed by atoms with Crippen molar-refractivity contribution in [1.29, 1.82) is 0 Å². The van der Waals surface area contributed by atoms with Crippen molar-refractivity contribution in [3.63, 3.8) is 0 Å². The Balaban J connectivity index is 2.81. The van der Waals surface area contributed by atoms with Crippen LogP contribution in [0.2, 0.25) is 0 Å². The lowest BCUT2D eigenvalue weighted by Crippen LogP contribution is -1.98. The molecular formula is C11H14N+. The van der Waals surface area contributed by atoms with Crippen molar-refractivity contribution < 1.29 is 0 Å². The SMILES string of the molecule is CC(C)(C)C#[N+]c1ccccc1. The minimum atomic E-state index is 0.0375. The van der Waals surface area contributed by atoms with Gasteiger partial charge in [-0.2, -0.15) is 0 Å². The molecule has 0 heterocycles. The monoisotopic (exact) mass is 160 g/mol. The van der Waals surface area contributed by atoms with E-state index in [4.69, 9.17) is 0 Å². The van der Waals surface area contributed by atoms with Crippen LogP contribution in [0.3, 0.4) is 0 Å². The van der Waals surface area contributed by atoms with Crippen LogP contribution in [-0.2, 0) is 0 Å². The molecule has 0 radical (unpaired) electrons. The van der Waals surface area contributed by atoms with E-state index in [1.165, 1.54) is 0 Å². The standard InChI is InChI=1S/C11H14N/c1-11(2,3)9-12-10-7-5-4-6-8-10/h4-8H,1-3H3/q+1. The minimum Gasteiger partial charge on any atom is -0.0617 e. The lowest BCUT2D eigenvalue weighted by Gasteiger charge is -1.97. The summed E-state index contributed by atoms with van der Waals surface area (Å²) in [5.41, 5.74) is 1.00. The summed E-state index contributed by atoms with van der Waals surface area (Å²) < 4.78 is 0. The molecule has 62 valence electrons. The maximum atomic E-state index is 4.23. The van der Waals surface area contributed by atoms with Crippen LogP contribution in [0.1, 0.15) is 20.8 Å². The third-order valence-corrected chi connectivity index (χ3v) is 1.28. The topological polar surface area (TPSA) is 4.36 Å². The highest BCUT2D eigenvalue weighted by atomic mass is 14.7. The first-order valence-corrected chi connectivity index (χ1v) is 4.11. The van der Waals surface area contributed by atoms with Gasteiger partial charge in [-0.15, -0.1) is 0 Å². The zero-order valence-corrected chi connectivity index (χ0v) is 7.83. The average molecular weight is 160 g/mol. The van der Waals surface area contributed by atoms with Crippen molar-refractivity contribution in [2.24, 2.45) is 5.41 Å². The zero-order valence-electron chi connectivity index (χ0n) is 7.83. The molecule has 1 heteroatoms. The normalized spacial score (nSPS) is 10.2. The predicted octanol–water partition coefficient (Wildman–Crippen LogP) is 3.70. The van der Waals surface area contributed by atoms with E-state index in [-0.39, 0.29) is 5.41 Å². The quantitative estimate of drug-likeness (QED) is 0.545. The molecule has 0 aliphatic rings. The molecule has 1 aromatic carbocycles. The Morgan fingerprint density at radius 3 is 2.17 bits per heavy atom. The van der Waals surface area contributed by atoms with Crippen LogP contribution in [0.5, 0.6) is 0 Å². The lowest BCUT2D eigenvalue weighted by atomic mass is 10.00. The number of nitrogens with zero attached hydrogens (tertiary/aromatic N) is 1. The number of para-hydroxylation sites is 1. The van der Waals surface area contributed by atoms with Crippen LogP contribution in [0, 0.1) is 11.5 Å². The second-order valence-electron chi connectivity index (χ2n) is 3.81. The molecule has 0 aliphatic carbocycles. The van der Waals surface area contributed by atoms with Crippen LogP contribution >= 0.6 is 0 Å². The average Bonchev–Trinajstić information content (AvgIpc) is 2.02. The van der Waals surface area contributed by atoms with Crippen molar-refractivity contribution in [3.8, 4) is 6.07 Å². The number of hydrogen-bond donors (Lipinski definition) is 0. The maximum absolute atomic E-state index is 4.23. The molecule has 1 rings (SSSR count). The van der Waals surface area contributed by atoms with E-state index in [2.05, 4.69) is 31.7 Å². The van der Waals surface area contributed by atoms with E-state index >= 15 is 0 Å². The van der Waals surface area contributed by atoms with Crippen molar-refractivity contribution >= 4 is 5.69 Å². The second-order valence-corrected chi connectivity index (χ2v) is 3.81. The molecule has 0 fully saturated rings. The molecule has 0 bridgehead atoms. The Morgan fingerprint density at radius 2 is 1.67 bits per heavy atom. The highest BCUT2D eigenvalue weighted by Crippen LogP contribution is 2.15. The number of rotatable bonds is 0. The molecule has 12 heavy (non-hydrogen) atoms. The zero-order chi connectivity index (χ0) is 9.03. The predicted molar refractivity (Wildman–Crippen MR) is 52.8 cm³/mol. The molecule has 0 spiro atoms. The van der Waals surface area contributed by atoms with Crippen LogP contribution in [0.4, 0.5) is 5.69 Å². The first kappa shape index (κ1) is 8.80. The van der Waals surface area contributed by atoms with E-state index in [0.29, 0.717) is 0 Å². The van der Waals surface area contributed by atoms with E-state index in [9.17, 15) is 0 Å². The summed E-state index contributed by atoms with van der Waals surface area (Å²) in [7, 11) is 0. The molecule has 0 aliphatic heterocycles. The van der Waals surface area contributed by atoms with Crippen molar-refractivity contribution in [2.75, 3.05) is 0 Å². The fourth-order valence-corrected chi connectivity index (χ4v) is 0.735. The molecule has 0 saturated carbocycles. The Hall–Kier alpha value is -1.29. The summed E-state index contributed by atoms with van der Waals surface area (Å²) in [6.45, 7) is 6.25. The van der Waals surface area contributed by atoms with Crippen LogP contribution in [0.25, 0.3) is 4.85 Å². The van der Waals surface area contributed by atoms with Gasteiger partial charge in [0, 0.05) is 12.1 Å². The minimum absolute atomic E-state index is 0.0375. The molecule has 1 aromatic rings. The van der Waals surface area contributed by atoms with Gasteiger partial charge in [0.05, 0.1) is 5.41 Å². The molecule has 0 unspecified atom stereocenters.